The summed E-state index contributed by atoms with van der Waals surface area (Å²) in [6.07, 6.45) is 2.86. The molecule has 3 nitrogen and oxygen atoms in total. The van der Waals surface area contributed by atoms with E-state index < -0.39 is 6.10 Å². The molecule has 2 aromatic rings. The minimum Gasteiger partial charge on any atom is -0.388 e. The van der Waals surface area contributed by atoms with Gasteiger partial charge in [-0.05, 0) is 31.0 Å². The van der Waals surface area contributed by atoms with Gasteiger partial charge in [-0.1, -0.05) is 36.7 Å². The summed E-state index contributed by atoms with van der Waals surface area (Å²) in [5.41, 5.74) is 1.63. The van der Waals surface area contributed by atoms with Gasteiger partial charge in [-0.15, -0.1) is 0 Å². The van der Waals surface area contributed by atoms with Gasteiger partial charge in [-0.2, -0.15) is 5.10 Å². The Labute approximate surface area is 118 Å². The van der Waals surface area contributed by atoms with Crippen LogP contribution in [0, 0.1) is 0 Å². The second-order valence-electron chi connectivity index (χ2n) is 4.79. The van der Waals surface area contributed by atoms with Crippen LogP contribution in [0.2, 0.25) is 5.02 Å². The number of nitrogens with zero attached hydrogens (tertiary/aromatic N) is 2. The first-order valence-electron chi connectivity index (χ1n) is 6.58. The average molecular weight is 279 g/mol. The van der Waals surface area contributed by atoms with E-state index in [4.69, 9.17) is 11.6 Å². The molecule has 2 atom stereocenters. The molecule has 0 amide bonds. The highest BCUT2D eigenvalue weighted by atomic mass is 35.5. The molecule has 0 spiro atoms. The van der Waals surface area contributed by atoms with E-state index in [1.807, 2.05) is 35.1 Å². The lowest BCUT2D eigenvalue weighted by Gasteiger charge is -2.11. The molecule has 1 aromatic carbocycles. The Kier molecular flexibility index (Phi) is 4.61. The van der Waals surface area contributed by atoms with Gasteiger partial charge in [-0.25, -0.2) is 0 Å². The molecule has 2 rings (SSSR count). The zero-order valence-electron chi connectivity index (χ0n) is 11.3. The molecule has 0 saturated heterocycles. The van der Waals surface area contributed by atoms with Crippen LogP contribution in [0.25, 0.3) is 0 Å². The van der Waals surface area contributed by atoms with Crippen molar-refractivity contribution in [1.82, 2.24) is 9.78 Å². The van der Waals surface area contributed by atoms with Crippen LogP contribution in [-0.2, 0) is 6.42 Å². The van der Waals surface area contributed by atoms with Gasteiger partial charge in [0, 0.05) is 23.7 Å². The summed E-state index contributed by atoms with van der Waals surface area (Å²) < 4.78 is 1.94. The van der Waals surface area contributed by atoms with Crippen molar-refractivity contribution < 1.29 is 5.11 Å². The van der Waals surface area contributed by atoms with Crippen molar-refractivity contribution in [2.75, 3.05) is 0 Å². The summed E-state index contributed by atoms with van der Waals surface area (Å²) in [6.45, 7) is 4.26. The predicted octanol–water partition coefficient (Wildman–Crippen LogP) is 3.78. The molecule has 1 N–H and O–H groups in total. The third-order valence-corrected chi connectivity index (χ3v) is 3.72. The van der Waals surface area contributed by atoms with Crippen LogP contribution in [0.3, 0.4) is 0 Å². The Morgan fingerprint density at radius 2 is 2.05 bits per heavy atom. The van der Waals surface area contributed by atoms with E-state index in [-0.39, 0.29) is 0 Å². The number of aliphatic hydroxyl groups is 1. The molecule has 1 aromatic heterocycles. The fourth-order valence-corrected chi connectivity index (χ4v) is 2.23. The molecular formula is C15H19ClN2O. The van der Waals surface area contributed by atoms with Crippen molar-refractivity contribution in [1.29, 1.82) is 0 Å². The van der Waals surface area contributed by atoms with Crippen LogP contribution in [-0.4, -0.2) is 14.9 Å². The molecule has 1 heterocycles. The summed E-state index contributed by atoms with van der Waals surface area (Å²) in [7, 11) is 0. The molecule has 0 saturated carbocycles. The number of halogens is 1. The van der Waals surface area contributed by atoms with Crippen LogP contribution in [0.5, 0.6) is 0 Å². The first-order valence-corrected chi connectivity index (χ1v) is 6.96. The van der Waals surface area contributed by atoms with E-state index in [9.17, 15) is 5.11 Å². The van der Waals surface area contributed by atoms with E-state index in [0.717, 1.165) is 17.7 Å². The quantitative estimate of drug-likeness (QED) is 0.904. The highest BCUT2D eigenvalue weighted by molar-refractivity contribution is 6.31. The predicted molar refractivity (Wildman–Crippen MR) is 77.3 cm³/mol. The maximum Gasteiger partial charge on any atom is 0.0860 e. The molecule has 2 unspecified atom stereocenters. The highest BCUT2D eigenvalue weighted by Gasteiger charge is 2.14. The second kappa shape index (κ2) is 6.22. The van der Waals surface area contributed by atoms with Crippen molar-refractivity contribution in [3.8, 4) is 0 Å². The molecule has 0 radical (unpaired) electrons. The third-order valence-electron chi connectivity index (χ3n) is 3.37. The number of aromatic nitrogens is 2. The largest absolute Gasteiger partial charge is 0.388 e. The maximum absolute atomic E-state index is 10.2. The lowest BCUT2D eigenvalue weighted by atomic mass is 10.1. The van der Waals surface area contributed by atoms with E-state index in [1.165, 1.54) is 0 Å². The lowest BCUT2D eigenvalue weighted by molar-refractivity contribution is 0.177. The Morgan fingerprint density at radius 3 is 2.74 bits per heavy atom. The standard InChI is InChI=1S/C15H19ClN2O/c1-3-11(2)18-9-8-12(17-18)10-15(19)13-6-4-5-7-14(13)16/h4-9,11,15,19H,3,10H2,1-2H3. The molecular weight excluding hydrogens is 260 g/mol. The van der Waals surface area contributed by atoms with Gasteiger partial charge in [0.15, 0.2) is 0 Å². The van der Waals surface area contributed by atoms with Gasteiger partial charge in [0.1, 0.15) is 0 Å². The molecule has 0 bridgehead atoms. The van der Waals surface area contributed by atoms with Gasteiger partial charge >= 0.3 is 0 Å². The molecule has 0 fully saturated rings. The van der Waals surface area contributed by atoms with Gasteiger partial charge in [-0.3, -0.25) is 4.68 Å². The Bertz CT molecular complexity index is 538. The van der Waals surface area contributed by atoms with Crippen molar-refractivity contribution in [3.05, 3.63) is 52.8 Å². The Hall–Kier alpha value is -1.32. The van der Waals surface area contributed by atoms with Crippen molar-refractivity contribution in [3.63, 3.8) is 0 Å². The first-order chi connectivity index (χ1) is 9.11. The number of rotatable bonds is 5. The summed E-state index contributed by atoms with van der Waals surface area (Å²) in [5, 5.41) is 15.3. The number of benzene rings is 1. The van der Waals surface area contributed by atoms with Crippen LogP contribution in [0.1, 0.15) is 43.7 Å². The topological polar surface area (TPSA) is 38.0 Å². The summed E-state index contributed by atoms with van der Waals surface area (Å²) in [6, 6.07) is 9.70. The van der Waals surface area contributed by atoms with E-state index >= 15 is 0 Å². The minimum atomic E-state index is -0.617. The molecule has 4 heteroatoms. The Morgan fingerprint density at radius 1 is 1.32 bits per heavy atom. The van der Waals surface area contributed by atoms with Crippen LogP contribution in [0.4, 0.5) is 0 Å². The first kappa shape index (κ1) is 14.1. The van der Waals surface area contributed by atoms with Crippen molar-refractivity contribution >= 4 is 11.6 Å². The summed E-state index contributed by atoms with van der Waals surface area (Å²) in [4.78, 5) is 0. The second-order valence-corrected chi connectivity index (χ2v) is 5.19. The van der Waals surface area contributed by atoms with Crippen LogP contribution < -0.4 is 0 Å². The zero-order valence-corrected chi connectivity index (χ0v) is 12.0. The fraction of sp³-hybridized carbons (Fsp3) is 0.400. The average Bonchev–Trinajstić information content (AvgIpc) is 2.86. The van der Waals surface area contributed by atoms with Gasteiger partial charge in [0.2, 0.25) is 0 Å². The molecule has 0 aliphatic heterocycles. The van der Waals surface area contributed by atoms with E-state index in [1.54, 1.807) is 6.07 Å². The number of hydrogen-bond acceptors (Lipinski definition) is 2. The highest BCUT2D eigenvalue weighted by Crippen LogP contribution is 2.25. The zero-order chi connectivity index (χ0) is 13.8. The third kappa shape index (κ3) is 3.37. The van der Waals surface area contributed by atoms with Gasteiger partial charge in [0.25, 0.3) is 0 Å². The summed E-state index contributed by atoms with van der Waals surface area (Å²) in [5.74, 6) is 0. The van der Waals surface area contributed by atoms with Crippen molar-refractivity contribution in [2.45, 2.75) is 38.8 Å². The Balaban J connectivity index is 2.09. The molecule has 19 heavy (non-hydrogen) atoms. The van der Waals surface area contributed by atoms with Crippen LogP contribution >= 0.6 is 11.6 Å². The number of hydrogen-bond donors (Lipinski definition) is 1. The fourth-order valence-electron chi connectivity index (χ4n) is 1.97. The SMILES string of the molecule is CCC(C)n1ccc(CC(O)c2ccccc2Cl)n1. The monoisotopic (exact) mass is 278 g/mol. The smallest absolute Gasteiger partial charge is 0.0860 e. The normalized spacial score (nSPS) is 14.3. The van der Waals surface area contributed by atoms with E-state index in [0.29, 0.717) is 17.5 Å². The maximum atomic E-state index is 10.2. The minimum absolute atomic E-state index is 0.381. The van der Waals surface area contributed by atoms with Crippen LogP contribution in [0.15, 0.2) is 36.5 Å². The summed E-state index contributed by atoms with van der Waals surface area (Å²) >= 11 is 6.08. The number of aliphatic hydroxyl groups excluding tert-OH is 1. The van der Waals surface area contributed by atoms with E-state index in [2.05, 4.69) is 18.9 Å². The molecule has 102 valence electrons. The lowest BCUT2D eigenvalue weighted by Crippen LogP contribution is -2.07. The molecule has 0 aliphatic carbocycles. The van der Waals surface area contributed by atoms with Gasteiger partial charge in [0.05, 0.1) is 11.8 Å². The van der Waals surface area contributed by atoms with Gasteiger partial charge < -0.3 is 5.11 Å². The molecule has 0 aliphatic rings. The van der Waals surface area contributed by atoms with Crippen molar-refractivity contribution in [2.24, 2.45) is 0 Å².